The van der Waals surface area contributed by atoms with Gasteiger partial charge in [-0.3, -0.25) is 9.59 Å². The maximum absolute atomic E-state index is 12.3. The van der Waals surface area contributed by atoms with Crippen LogP contribution in [0.1, 0.15) is 17.4 Å². The van der Waals surface area contributed by atoms with Gasteiger partial charge in [-0.2, -0.15) is 0 Å². The molecule has 0 aliphatic heterocycles. The first kappa shape index (κ1) is 16.6. The Bertz CT molecular complexity index is 958. The lowest BCUT2D eigenvalue weighted by atomic mass is 10.2. The lowest BCUT2D eigenvalue weighted by Crippen LogP contribution is -2.14. The topological polar surface area (TPSA) is 84.0 Å². The van der Waals surface area contributed by atoms with Gasteiger partial charge in [-0.1, -0.05) is 34.5 Å². The molecule has 0 saturated heterocycles. The number of rotatable bonds is 3. The maximum atomic E-state index is 12.3. The largest absolute Gasteiger partial charge is 0.321 e. The van der Waals surface area contributed by atoms with Crippen LogP contribution in [0.3, 0.4) is 0 Å². The summed E-state index contributed by atoms with van der Waals surface area (Å²) in [5.74, 6) is -0.655. The Morgan fingerprint density at radius 1 is 1.08 bits per heavy atom. The number of pyridine rings is 1. The van der Waals surface area contributed by atoms with E-state index in [-0.39, 0.29) is 21.8 Å². The van der Waals surface area contributed by atoms with E-state index in [1.807, 2.05) is 0 Å². The molecule has 0 spiro atoms. The standard InChI is InChI=1S/C15H10Cl2N4O2S/c1-7(22)18-15-20-10-4-2-8(6-11(10)24-15)19-14(23)13-9(16)3-5-12(17)21-13/h2-6H,1H3,(H,19,23)(H,18,20,22). The van der Waals surface area contributed by atoms with Crippen molar-refractivity contribution in [2.24, 2.45) is 0 Å². The molecule has 2 aromatic heterocycles. The van der Waals surface area contributed by atoms with E-state index in [1.54, 1.807) is 18.2 Å². The maximum Gasteiger partial charge on any atom is 0.275 e. The van der Waals surface area contributed by atoms with Gasteiger partial charge in [0.2, 0.25) is 5.91 Å². The molecule has 0 saturated carbocycles. The first-order valence-electron chi connectivity index (χ1n) is 6.74. The van der Waals surface area contributed by atoms with Gasteiger partial charge >= 0.3 is 0 Å². The van der Waals surface area contributed by atoms with Gasteiger partial charge in [-0.05, 0) is 30.3 Å². The summed E-state index contributed by atoms with van der Waals surface area (Å²) < 4.78 is 0.821. The van der Waals surface area contributed by atoms with E-state index >= 15 is 0 Å². The zero-order valence-electron chi connectivity index (χ0n) is 12.3. The molecule has 0 bridgehead atoms. The van der Waals surface area contributed by atoms with Gasteiger partial charge in [-0.15, -0.1) is 0 Å². The highest BCUT2D eigenvalue weighted by atomic mass is 35.5. The number of nitrogens with zero attached hydrogens (tertiary/aromatic N) is 2. The molecule has 0 unspecified atom stereocenters. The van der Waals surface area contributed by atoms with Gasteiger partial charge in [0.15, 0.2) is 5.13 Å². The first-order valence-corrected chi connectivity index (χ1v) is 8.31. The molecule has 0 aliphatic carbocycles. The van der Waals surface area contributed by atoms with Crippen LogP contribution in [0, 0.1) is 0 Å². The minimum atomic E-state index is -0.464. The second-order valence-corrected chi connectivity index (χ2v) is 6.63. The molecule has 0 fully saturated rings. The van der Waals surface area contributed by atoms with Crippen LogP contribution >= 0.6 is 34.5 Å². The number of anilines is 2. The van der Waals surface area contributed by atoms with E-state index in [4.69, 9.17) is 23.2 Å². The minimum Gasteiger partial charge on any atom is -0.321 e. The molecule has 2 N–H and O–H groups in total. The minimum absolute atomic E-state index is 0.0486. The van der Waals surface area contributed by atoms with Crippen molar-refractivity contribution in [2.75, 3.05) is 10.6 Å². The lowest BCUT2D eigenvalue weighted by Gasteiger charge is -2.06. The fourth-order valence-corrected chi connectivity index (χ4v) is 3.26. The quantitative estimate of drug-likeness (QED) is 0.666. The van der Waals surface area contributed by atoms with Crippen molar-refractivity contribution in [3.63, 3.8) is 0 Å². The Morgan fingerprint density at radius 2 is 1.88 bits per heavy atom. The molecule has 122 valence electrons. The number of benzene rings is 1. The Labute approximate surface area is 150 Å². The zero-order valence-corrected chi connectivity index (χ0v) is 14.6. The molecule has 0 aliphatic rings. The highest BCUT2D eigenvalue weighted by molar-refractivity contribution is 7.22. The summed E-state index contributed by atoms with van der Waals surface area (Å²) in [6, 6.07) is 8.23. The van der Waals surface area contributed by atoms with Crippen LogP contribution in [0.15, 0.2) is 30.3 Å². The normalized spacial score (nSPS) is 10.6. The van der Waals surface area contributed by atoms with Crippen LogP contribution in [-0.4, -0.2) is 21.8 Å². The summed E-state index contributed by atoms with van der Waals surface area (Å²) in [5.41, 5.74) is 1.33. The Balaban J connectivity index is 1.85. The number of fused-ring (bicyclic) bond motifs is 1. The summed E-state index contributed by atoms with van der Waals surface area (Å²) in [5, 5.41) is 6.24. The van der Waals surface area contributed by atoms with Crippen molar-refractivity contribution in [1.29, 1.82) is 0 Å². The third-order valence-corrected chi connectivity index (χ3v) is 4.41. The summed E-state index contributed by atoms with van der Waals surface area (Å²) >= 11 is 13.1. The van der Waals surface area contributed by atoms with Gasteiger partial charge in [0.25, 0.3) is 5.91 Å². The summed E-state index contributed by atoms with van der Waals surface area (Å²) in [6.45, 7) is 1.42. The van der Waals surface area contributed by atoms with Gasteiger partial charge in [0, 0.05) is 12.6 Å². The van der Waals surface area contributed by atoms with Crippen LogP contribution < -0.4 is 10.6 Å². The molecule has 3 rings (SSSR count). The lowest BCUT2D eigenvalue weighted by molar-refractivity contribution is -0.114. The average molecular weight is 381 g/mol. The van der Waals surface area contributed by atoms with E-state index < -0.39 is 5.91 Å². The van der Waals surface area contributed by atoms with Crippen LogP contribution in [0.4, 0.5) is 10.8 Å². The molecule has 2 amide bonds. The van der Waals surface area contributed by atoms with Crippen LogP contribution in [0.5, 0.6) is 0 Å². The summed E-state index contributed by atoms with van der Waals surface area (Å²) in [6.07, 6.45) is 0. The van der Waals surface area contributed by atoms with Gasteiger partial charge in [0.05, 0.1) is 15.2 Å². The van der Waals surface area contributed by atoms with E-state index in [2.05, 4.69) is 20.6 Å². The molecule has 9 heteroatoms. The monoisotopic (exact) mass is 380 g/mol. The number of hydrogen-bond donors (Lipinski definition) is 2. The highest BCUT2D eigenvalue weighted by Crippen LogP contribution is 2.28. The molecule has 24 heavy (non-hydrogen) atoms. The number of thiazole rings is 1. The van der Waals surface area contributed by atoms with Crippen LogP contribution in [-0.2, 0) is 4.79 Å². The predicted molar refractivity (Wildman–Crippen MR) is 96.1 cm³/mol. The number of amides is 2. The highest BCUT2D eigenvalue weighted by Gasteiger charge is 2.14. The fraction of sp³-hybridized carbons (Fsp3) is 0.0667. The number of aromatic nitrogens is 2. The van der Waals surface area contributed by atoms with E-state index in [0.29, 0.717) is 10.8 Å². The van der Waals surface area contributed by atoms with Crippen molar-refractivity contribution < 1.29 is 9.59 Å². The van der Waals surface area contributed by atoms with E-state index in [0.717, 1.165) is 10.2 Å². The van der Waals surface area contributed by atoms with Crippen molar-refractivity contribution in [1.82, 2.24) is 9.97 Å². The fourth-order valence-electron chi connectivity index (χ4n) is 1.97. The van der Waals surface area contributed by atoms with E-state index in [1.165, 1.54) is 30.4 Å². The Hall–Kier alpha value is -2.22. The molecular weight excluding hydrogens is 371 g/mol. The first-order chi connectivity index (χ1) is 11.4. The second kappa shape index (κ2) is 6.72. The second-order valence-electron chi connectivity index (χ2n) is 4.80. The molecule has 1 aromatic carbocycles. The Kier molecular flexibility index (Phi) is 4.66. The molecule has 6 nitrogen and oxygen atoms in total. The number of carbonyl (C=O) groups is 2. The van der Waals surface area contributed by atoms with Crippen LogP contribution in [0.25, 0.3) is 10.2 Å². The van der Waals surface area contributed by atoms with Crippen molar-refractivity contribution in [2.45, 2.75) is 6.92 Å². The van der Waals surface area contributed by atoms with Crippen molar-refractivity contribution in [3.05, 3.63) is 46.2 Å². The molecule has 2 heterocycles. The molecule has 3 aromatic rings. The van der Waals surface area contributed by atoms with E-state index in [9.17, 15) is 9.59 Å². The van der Waals surface area contributed by atoms with Crippen molar-refractivity contribution in [3.8, 4) is 0 Å². The van der Waals surface area contributed by atoms with Gasteiger partial charge in [-0.25, -0.2) is 9.97 Å². The Morgan fingerprint density at radius 3 is 2.62 bits per heavy atom. The van der Waals surface area contributed by atoms with Crippen molar-refractivity contribution >= 4 is 67.4 Å². The predicted octanol–water partition coefficient (Wildman–Crippen LogP) is 4.21. The molecule has 0 atom stereocenters. The smallest absolute Gasteiger partial charge is 0.275 e. The third-order valence-electron chi connectivity index (χ3n) is 2.96. The number of hydrogen-bond acceptors (Lipinski definition) is 5. The number of carbonyl (C=O) groups excluding carboxylic acids is 2. The molecule has 0 radical (unpaired) electrons. The number of halogens is 2. The summed E-state index contributed by atoms with van der Waals surface area (Å²) in [7, 11) is 0. The zero-order chi connectivity index (χ0) is 17.3. The third kappa shape index (κ3) is 3.64. The van der Waals surface area contributed by atoms with Gasteiger partial charge in [0.1, 0.15) is 10.8 Å². The molecular formula is C15H10Cl2N4O2S. The number of nitrogens with one attached hydrogen (secondary N) is 2. The average Bonchev–Trinajstić information content (AvgIpc) is 2.90. The SMILES string of the molecule is CC(=O)Nc1nc2ccc(NC(=O)c3nc(Cl)ccc3Cl)cc2s1. The van der Waals surface area contributed by atoms with Gasteiger partial charge < -0.3 is 10.6 Å². The van der Waals surface area contributed by atoms with Crippen LogP contribution in [0.2, 0.25) is 10.2 Å². The summed E-state index contributed by atoms with van der Waals surface area (Å²) in [4.78, 5) is 31.6.